The highest BCUT2D eigenvalue weighted by molar-refractivity contribution is 9.10. The average molecular weight is 669 g/mol. The SMILES string of the molecule is CC(=O)C(=O)N1CCN(S(=O)(=O)c2cnc3n2C(C)(Cc2ccc(Br)cc2)C(=O)N3c2cc(Cl)cc(Cl)c2)CC1. The van der Waals surface area contributed by atoms with Gasteiger partial charge in [-0.25, -0.2) is 18.3 Å². The van der Waals surface area contributed by atoms with E-state index in [9.17, 15) is 22.8 Å². The number of imidazole rings is 1. The summed E-state index contributed by atoms with van der Waals surface area (Å²) < 4.78 is 31.5. The van der Waals surface area contributed by atoms with Crippen LogP contribution in [-0.4, -0.2) is 71.0 Å². The number of nitrogens with zero attached hydrogens (tertiary/aromatic N) is 5. The summed E-state index contributed by atoms with van der Waals surface area (Å²) in [5.74, 6) is -1.53. The molecule has 2 aromatic carbocycles. The van der Waals surface area contributed by atoms with Gasteiger partial charge in [0.1, 0.15) is 5.54 Å². The Morgan fingerprint density at radius 2 is 1.62 bits per heavy atom. The van der Waals surface area contributed by atoms with Crippen molar-refractivity contribution in [1.29, 1.82) is 0 Å². The lowest BCUT2D eigenvalue weighted by molar-refractivity contribution is -0.144. The van der Waals surface area contributed by atoms with E-state index in [-0.39, 0.29) is 43.6 Å². The maximum absolute atomic E-state index is 14.2. The molecule has 0 saturated carbocycles. The molecule has 1 fully saturated rings. The number of benzene rings is 2. The van der Waals surface area contributed by atoms with E-state index in [4.69, 9.17) is 23.2 Å². The van der Waals surface area contributed by atoms with Gasteiger partial charge in [0.15, 0.2) is 5.03 Å². The van der Waals surface area contributed by atoms with Crippen molar-refractivity contribution in [3.63, 3.8) is 0 Å². The molecular weight excluding hydrogens is 645 g/mol. The number of carbonyl (C=O) groups excluding carboxylic acids is 3. The number of Topliss-reactive ketones (excluding diaryl/α,β-unsaturated/α-hetero) is 1. The van der Waals surface area contributed by atoms with Gasteiger partial charge in [-0.1, -0.05) is 51.3 Å². The number of hydrogen-bond acceptors (Lipinski definition) is 6. The summed E-state index contributed by atoms with van der Waals surface area (Å²) in [4.78, 5) is 44.8. The Labute approximate surface area is 249 Å². The lowest BCUT2D eigenvalue weighted by Gasteiger charge is -2.34. The molecule has 1 unspecified atom stereocenters. The molecule has 5 rings (SSSR count). The van der Waals surface area contributed by atoms with Crippen molar-refractivity contribution in [2.45, 2.75) is 30.8 Å². The van der Waals surface area contributed by atoms with Crippen molar-refractivity contribution in [2.75, 3.05) is 31.1 Å². The van der Waals surface area contributed by atoms with Crippen LogP contribution in [0.5, 0.6) is 0 Å². The number of aromatic nitrogens is 2. The first-order chi connectivity index (χ1) is 18.8. The molecule has 40 heavy (non-hydrogen) atoms. The van der Waals surface area contributed by atoms with Crippen LogP contribution >= 0.6 is 39.1 Å². The molecule has 2 aliphatic rings. The molecule has 10 nitrogen and oxygen atoms in total. The third-order valence-electron chi connectivity index (χ3n) is 7.07. The second-order valence-corrected chi connectivity index (χ2v) is 13.5. The first-order valence-electron chi connectivity index (χ1n) is 12.3. The molecular formula is C26H24BrCl2N5O5S. The maximum atomic E-state index is 14.2. The molecule has 3 aromatic rings. The quantitative estimate of drug-likeness (QED) is 0.367. The second-order valence-electron chi connectivity index (χ2n) is 9.83. The van der Waals surface area contributed by atoms with Gasteiger partial charge in [-0.2, -0.15) is 4.31 Å². The first-order valence-corrected chi connectivity index (χ1v) is 15.2. The van der Waals surface area contributed by atoms with E-state index in [1.165, 1.54) is 37.9 Å². The van der Waals surface area contributed by atoms with Crippen LogP contribution in [0.2, 0.25) is 10.0 Å². The number of anilines is 2. The van der Waals surface area contributed by atoms with Gasteiger partial charge >= 0.3 is 0 Å². The predicted octanol–water partition coefficient (Wildman–Crippen LogP) is 4.01. The molecule has 1 atom stereocenters. The third-order valence-corrected chi connectivity index (χ3v) is 9.89. The van der Waals surface area contributed by atoms with E-state index in [1.807, 2.05) is 24.3 Å². The smallest absolute Gasteiger partial charge is 0.289 e. The van der Waals surface area contributed by atoms with Crippen LogP contribution in [-0.2, 0) is 36.4 Å². The summed E-state index contributed by atoms with van der Waals surface area (Å²) in [6.07, 6.45) is 1.42. The monoisotopic (exact) mass is 667 g/mol. The van der Waals surface area contributed by atoms with Crippen LogP contribution in [0.3, 0.4) is 0 Å². The van der Waals surface area contributed by atoms with Gasteiger partial charge in [-0.15, -0.1) is 0 Å². The topological polar surface area (TPSA) is 113 Å². The third kappa shape index (κ3) is 4.96. The zero-order valence-electron chi connectivity index (χ0n) is 21.5. The standard InChI is InChI=1S/C26H24BrCl2N5O5S/c1-16(35)23(36)31-7-9-32(10-8-31)40(38,39)22-15-30-25-33(21-12-19(28)11-20(29)13-21)24(37)26(2,34(22)25)14-17-3-5-18(27)6-4-17/h3-6,11-13,15H,7-10,14H2,1-2H3. The highest BCUT2D eigenvalue weighted by atomic mass is 79.9. The molecule has 0 radical (unpaired) electrons. The molecule has 0 spiro atoms. The molecule has 14 heteroatoms. The van der Waals surface area contributed by atoms with Gasteiger partial charge < -0.3 is 4.90 Å². The summed E-state index contributed by atoms with van der Waals surface area (Å²) in [6, 6.07) is 12.1. The molecule has 1 aromatic heterocycles. The number of halogens is 3. The Balaban J connectivity index is 1.59. The fourth-order valence-electron chi connectivity index (χ4n) is 5.10. The molecule has 0 bridgehead atoms. The van der Waals surface area contributed by atoms with Crippen LogP contribution in [0.15, 0.2) is 58.2 Å². The maximum Gasteiger partial charge on any atom is 0.289 e. The zero-order valence-corrected chi connectivity index (χ0v) is 25.4. The van der Waals surface area contributed by atoms with Crippen molar-refractivity contribution in [2.24, 2.45) is 0 Å². The normalized spacial score (nSPS) is 19.7. The Hall–Kier alpha value is -2.77. The molecule has 2 aliphatic heterocycles. The largest absolute Gasteiger partial charge is 0.333 e. The Bertz CT molecular complexity index is 1620. The van der Waals surface area contributed by atoms with Crippen molar-refractivity contribution in [3.8, 4) is 0 Å². The molecule has 0 aliphatic carbocycles. The minimum absolute atomic E-state index is 0.00709. The first kappa shape index (κ1) is 28.7. The second kappa shape index (κ2) is 10.6. The number of amides is 2. The van der Waals surface area contributed by atoms with Crippen LogP contribution < -0.4 is 4.90 Å². The summed E-state index contributed by atoms with van der Waals surface area (Å²) in [7, 11) is -4.16. The Morgan fingerprint density at radius 1 is 1.02 bits per heavy atom. The lowest BCUT2D eigenvalue weighted by Crippen LogP contribution is -2.52. The van der Waals surface area contributed by atoms with E-state index in [0.717, 1.165) is 10.0 Å². The fraction of sp³-hybridized carbons (Fsp3) is 0.308. The van der Waals surface area contributed by atoms with Gasteiger partial charge in [0.05, 0.1) is 11.9 Å². The Morgan fingerprint density at radius 3 is 2.20 bits per heavy atom. The van der Waals surface area contributed by atoms with E-state index in [2.05, 4.69) is 20.9 Å². The number of sulfonamides is 1. The minimum atomic E-state index is -4.16. The van der Waals surface area contributed by atoms with E-state index in [0.29, 0.717) is 15.7 Å². The van der Waals surface area contributed by atoms with Crippen molar-refractivity contribution < 1.29 is 22.8 Å². The highest BCUT2D eigenvalue weighted by Gasteiger charge is 2.52. The van der Waals surface area contributed by atoms with Crippen molar-refractivity contribution in [3.05, 3.63) is 68.7 Å². The van der Waals surface area contributed by atoms with Gasteiger partial charge in [0.25, 0.3) is 21.8 Å². The number of rotatable bonds is 6. The number of piperazine rings is 1. The number of ketones is 1. The molecule has 0 N–H and O–H groups in total. The summed E-state index contributed by atoms with van der Waals surface area (Å²) in [5.41, 5.74) is -0.206. The van der Waals surface area contributed by atoms with Crippen molar-refractivity contribution >= 4 is 78.4 Å². The summed E-state index contributed by atoms with van der Waals surface area (Å²) in [5, 5.41) is 0.457. The fourth-order valence-corrected chi connectivity index (χ4v) is 7.49. The Kier molecular flexibility index (Phi) is 7.60. The van der Waals surface area contributed by atoms with E-state index < -0.39 is 33.2 Å². The van der Waals surface area contributed by atoms with Crippen molar-refractivity contribution in [1.82, 2.24) is 18.8 Å². The molecule has 1 saturated heterocycles. The van der Waals surface area contributed by atoms with E-state index >= 15 is 0 Å². The minimum Gasteiger partial charge on any atom is -0.333 e. The summed E-state index contributed by atoms with van der Waals surface area (Å²) in [6.45, 7) is 2.99. The van der Waals surface area contributed by atoms with Gasteiger partial charge in [0.2, 0.25) is 11.7 Å². The predicted molar refractivity (Wildman–Crippen MR) is 153 cm³/mol. The van der Waals surface area contributed by atoms with Gasteiger partial charge in [-0.05, 0) is 42.8 Å². The van der Waals surface area contributed by atoms with E-state index in [1.54, 1.807) is 19.1 Å². The van der Waals surface area contributed by atoms with Crippen LogP contribution in [0.4, 0.5) is 11.6 Å². The highest BCUT2D eigenvalue weighted by Crippen LogP contribution is 2.45. The number of hydrogen-bond donors (Lipinski definition) is 0. The molecule has 210 valence electrons. The zero-order chi connectivity index (χ0) is 29.0. The molecule has 3 heterocycles. The number of fused-ring (bicyclic) bond motifs is 1. The summed E-state index contributed by atoms with van der Waals surface area (Å²) >= 11 is 15.9. The average Bonchev–Trinajstić information content (AvgIpc) is 3.43. The van der Waals surface area contributed by atoms with Gasteiger partial charge in [-0.3, -0.25) is 19.0 Å². The van der Waals surface area contributed by atoms with Gasteiger partial charge in [0, 0.05) is 54.0 Å². The molecule has 2 amide bonds. The van der Waals surface area contributed by atoms with Crippen LogP contribution in [0.1, 0.15) is 19.4 Å². The van der Waals surface area contributed by atoms with Crippen LogP contribution in [0, 0.1) is 0 Å². The lowest BCUT2D eigenvalue weighted by atomic mass is 9.92. The number of carbonyl (C=O) groups is 3. The van der Waals surface area contributed by atoms with Crippen LogP contribution in [0.25, 0.3) is 0 Å².